The van der Waals surface area contributed by atoms with Gasteiger partial charge >= 0.3 is 0 Å². The Labute approximate surface area is 335 Å². The number of benzene rings is 5. The second-order valence-electron chi connectivity index (χ2n) is 14.3. The minimum atomic E-state index is -2.12. The molecule has 0 bridgehead atoms. The Balaban J connectivity index is 0.000000301. The Kier molecular flexibility index (Phi) is 13.6. The first kappa shape index (κ1) is 40.5. The third kappa shape index (κ3) is 8.49. The molecular formula is C47H50IrN3O2Si-. The van der Waals surface area contributed by atoms with E-state index in [1.54, 1.807) is 0 Å². The van der Waals surface area contributed by atoms with E-state index in [1.807, 2.05) is 33.8 Å². The molecule has 279 valence electrons. The molecule has 54 heavy (non-hydrogen) atoms. The Morgan fingerprint density at radius 1 is 0.741 bits per heavy atom. The first-order chi connectivity index (χ1) is 25.7. The average molecular weight is 909 g/mol. The normalized spacial score (nSPS) is 13.3. The average Bonchev–Trinajstić information content (AvgIpc) is 3.70. The summed E-state index contributed by atoms with van der Waals surface area (Å²) in [6.07, 6.45) is 4.91. The number of rotatable bonds is 11. The molecule has 5 aromatic carbocycles. The van der Waals surface area contributed by atoms with Crippen LogP contribution in [0.1, 0.15) is 58.9 Å². The van der Waals surface area contributed by atoms with Gasteiger partial charge in [0.05, 0.1) is 16.9 Å². The van der Waals surface area contributed by atoms with E-state index in [2.05, 4.69) is 139 Å². The molecule has 0 fully saturated rings. The van der Waals surface area contributed by atoms with Crippen LogP contribution in [0.4, 0.5) is 5.82 Å². The van der Waals surface area contributed by atoms with E-state index in [9.17, 15) is 9.90 Å². The summed E-state index contributed by atoms with van der Waals surface area (Å²) in [6, 6.07) is 46.0. The van der Waals surface area contributed by atoms with E-state index < -0.39 is 8.07 Å². The number of hydrogen-bond acceptors (Lipinski definition) is 4. The smallest absolute Gasteiger partial charge is 0.163 e. The molecule has 0 aliphatic carbocycles. The number of allylic oxidation sites excluding steroid dienone is 2. The predicted molar refractivity (Wildman–Crippen MR) is 224 cm³/mol. The van der Waals surface area contributed by atoms with E-state index in [0.717, 1.165) is 53.9 Å². The van der Waals surface area contributed by atoms with E-state index in [4.69, 9.17) is 9.98 Å². The van der Waals surface area contributed by atoms with Crippen molar-refractivity contribution in [1.29, 1.82) is 0 Å². The molecule has 0 unspecified atom stereocenters. The maximum absolute atomic E-state index is 11.7. The second-order valence-corrected chi connectivity index (χ2v) is 18.5. The van der Waals surface area contributed by atoms with Crippen LogP contribution in [0.15, 0.2) is 138 Å². The van der Waals surface area contributed by atoms with Gasteiger partial charge in [0, 0.05) is 49.0 Å². The standard InChI is InChI=1S/C34H26N3Si.C13H24O2.Ir/c1-38(2)33(27-14-7-4-8-15-27)36-32-34(38)35-31(29-18-17-25-13-9-10-16-28(25)23-29)37(32)30-21-19-26(20-22-30)24-11-5-3-6-12-24;1-5-10(6-2)12(14)9-13(15)11(7-3)8-4;/h3-17,19-23H,1-2H3;9-11,14H,5-8H2,1-4H3;/q-1;;/b;12-9-;. The number of aliphatic imine (C=N–C) groups is 1. The Bertz CT molecular complexity index is 2230. The number of aliphatic hydroxyl groups excluding tert-OH is 1. The summed E-state index contributed by atoms with van der Waals surface area (Å²) in [5.74, 6) is 2.39. The molecular weight excluding hydrogens is 859 g/mol. The first-order valence-electron chi connectivity index (χ1n) is 19.0. The zero-order valence-corrected chi connectivity index (χ0v) is 35.5. The molecule has 7 rings (SSSR count). The van der Waals surface area contributed by atoms with Crippen LogP contribution < -0.4 is 5.32 Å². The van der Waals surface area contributed by atoms with Gasteiger partial charge in [-0.05, 0) is 54.5 Å². The molecule has 7 heteroatoms. The van der Waals surface area contributed by atoms with Crippen LogP contribution in [-0.2, 0) is 24.9 Å². The van der Waals surface area contributed by atoms with Gasteiger partial charge in [-0.3, -0.25) is 9.78 Å². The molecule has 0 amide bonds. The molecule has 1 aliphatic rings. The van der Waals surface area contributed by atoms with Gasteiger partial charge in [0.25, 0.3) is 0 Å². The molecule has 1 radical (unpaired) electrons. The molecule has 0 saturated heterocycles. The maximum atomic E-state index is 11.7. The summed E-state index contributed by atoms with van der Waals surface area (Å²) < 4.78 is 2.23. The first-order valence-corrected chi connectivity index (χ1v) is 22.0. The molecule has 1 aliphatic heterocycles. The summed E-state index contributed by atoms with van der Waals surface area (Å²) in [5, 5.41) is 14.4. The number of fused-ring (bicyclic) bond motifs is 2. The number of nitrogens with zero attached hydrogens (tertiary/aromatic N) is 3. The van der Waals surface area contributed by atoms with Crippen molar-refractivity contribution in [2.24, 2.45) is 16.8 Å². The summed E-state index contributed by atoms with van der Waals surface area (Å²) in [5.41, 5.74) is 5.61. The SMILES string of the molecule is CCC(CC)C(=O)/C=C(\O)C(CC)CC.C[Si]1(C)C(c2ccccc2)=Nc2c1nc(-c1[c-]cc3ccccc3c1)n2-c1ccc(-c2ccccc2)cc1.[Ir]. The molecule has 6 aromatic rings. The van der Waals surface area contributed by atoms with Crippen LogP contribution >= 0.6 is 0 Å². The van der Waals surface area contributed by atoms with Crippen molar-refractivity contribution in [3.8, 4) is 28.2 Å². The van der Waals surface area contributed by atoms with Gasteiger partial charge < -0.3 is 9.67 Å². The van der Waals surface area contributed by atoms with Gasteiger partial charge in [0.15, 0.2) is 13.9 Å². The molecule has 2 heterocycles. The minimum absolute atomic E-state index is 0. The van der Waals surface area contributed by atoms with Crippen LogP contribution in [0.5, 0.6) is 0 Å². The fourth-order valence-corrected chi connectivity index (χ4v) is 9.82. The molecule has 5 nitrogen and oxygen atoms in total. The second kappa shape index (κ2) is 18.1. The number of carbonyl (C=O) groups is 1. The van der Waals surface area contributed by atoms with Gasteiger partial charge in [-0.25, -0.2) is 4.99 Å². The van der Waals surface area contributed by atoms with Crippen molar-refractivity contribution in [1.82, 2.24) is 9.55 Å². The van der Waals surface area contributed by atoms with Crippen LogP contribution in [0, 0.1) is 17.9 Å². The van der Waals surface area contributed by atoms with E-state index in [-0.39, 0.29) is 43.5 Å². The maximum Gasteiger partial charge on any atom is 0.163 e. The van der Waals surface area contributed by atoms with Crippen LogP contribution in [0.3, 0.4) is 0 Å². The van der Waals surface area contributed by atoms with E-state index in [0.29, 0.717) is 0 Å². The van der Waals surface area contributed by atoms with E-state index in [1.165, 1.54) is 38.9 Å². The Hall–Kier alpha value is -4.68. The van der Waals surface area contributed by atoms with Gasteiger partial charge in [-0.2, -0.15) is 0 Å². The van der Waals surface area contributed by atoms with Crippen molar-refractivity contribution in [2.75, 3.05) is 0 Å². The summed E-state index contributed by atoms with van der Waals surface area (Å²) in [4.78, 5) is 22.4. The van der Waals surface area contributed by atoms with Crippen molar-refractivity contribution >= 4 is 41.1 Å². The molecule has 1 aromatic heterocycles. The van der Waals surface area contributed by atoms with Gasteiger partial charge in [0.1, 0.15) is 5.82 Å². The van der Waals surface area contributed by atoms with Crippen molar-refractivity contribution < 1.29 is 30.0 Å². The fourth-order valence-electron chi connectivity index (χ4n) is 7.21. The number of imidazole rings is 1. The van der Waals surface area contributed by atoms with Crippen LogP contribution in [-0.4, -0.2) is 33.8 Å². The number of hydrogen-bond donors (Lipinski definition) is 1. The number of aromatic nitrogens is 2. The summed E-state index contributed by atoms with van der Waals surface area (Å²) in [7, 11) is -2.12. The number of aliphatic hydroxyl groups is 1. The van der Waals surface area contributed by atoms with Crippen LogP contribution in [0.2, 0.25) is 13.1 Å². The Morgan fingerprint density at radius 2 is 1.28 bits per heavy atom. The summed E-state index contributed by atoms with van der Waals surface area (Å²) in [6.45, 7) is 12.8. The van der Waals surface area contributed by atoms with Crippen molar-refractivity contribution in [3.05, 3.63) is 145 Å². The van der Waals surface area contributed by atoms with Crippen LogP contribution in [0.25, 0.3) is 39.0 Å². The zero-order valence-electron chi connectivity index (χ0n) is 32.1. The largest absolute Gasteiger partial charge is 0.512 e. The predicted octanol–water partition coefficient (Wildman–Crippen LogP) is 11.6. The Morgan fingerprint density at radius 3 is 1.87 bits per heavy atom. The molecule has 0 saturated carbocycles. The van der Waals surface area contributed by atoms with Crippen molar-refractivity contribution in [3.63, 3.8) is 0 Å². The van der Waals surface area contributed by atoms with Gasteiger partial charge in [-0.15, -0.1) is 29.1 Å². The number of ketones is 1. The van der Waals surface area contributed by atoms with Gasteiger partial charge in [-0.1, -0.05) is 143 Å². The quantitative estimate of drug-likeness (QED) is 0.0609. The topological polar surface area (TPSA) is 67.5 Å². The van der Waals surface area contributed by atoms with Gasteiger partial charge in [0.2, 0.25) is 0 Å². The molecule has 0 spiro atoms. The van der Waals surface area contributed by atoms with E-state index >= 15 is 0 Å². The molecule has 1 N–H and O–H groups in total. The summed E-state index contributed by atoms with van der Waals surface area (Å²) >= 11 is 0. The molecule has 0 atom stereocenters. The fraction of sp³-hybridized carbons (Fsp3) is 0.255. The minimum Gasteiger partial charge on any atom is -0.512 e. The third-order valence-electron chi connectivity index (χ3n) is 10.5. The number of carbonyl (C=O) groups excluding carboxylic acids is 1. The zero-order chi connectivity index (χ0) is 37.5. The third-order valence-corrected chi connectivity index (χ3v) is 13.6. The monoisotopic (exact) mass is 909 g/mol. The van der Waals surface area contributed by atoms with Crippen molar-refractivity contribution in [2.45, 2.75) is 66.5 Å².